The Bertz CT molecular complexity index is 411. The molecule has 0 radical (unpaired) electrons. The maximum absolute atomic E-state index is 12.3. The highest BCUT2D eigenvalue weighted by atomic mass is 16.2. The third-order valence-electron chi connectivity index (χ3n) is 3.84. The van der Waals surface area contributed by atoms with E-state index in [1.807, 2.05) is 11.8 Å². The van der Waals surface area contributed by atoms with Gasteiger partial charge in [0.2, 0.25) is 0 Å². The molecular formula is C13H22N4O. The van der Waals surface area contributed by atoms with Crippen LogP contribution in [0.15, 0.2) is 6.20 Å². The van der Waals surface area contributed by atoms with Gasteiger partial charge in [0.05, 0.1) is 11.8 Å². The summed E-state index contributed by atoms with van der Waals surface area (Å²) in [6.45, 7) is 10.0. The van der Waals surface area contributed by atoms with E-state index in [1.165, 1.54) is 0 Å². The normalized spacial score (nSPS) is 19.8. The maximum atomic E-state index is 12.3. The Hall–Kier alpha value is -1.36. The van der Waals surface area contributed by atoms with Gasteiger partial charge >= 0.3 is 0 Å². The Balaban J connectivity index is 2.01. The number of aromatic nitrogens is 2. The highest BCUT2D eigenvalue weighted by Gasteiger charge is 2.30. The summed E-state index contributed by atoms with van der Waals surface area (Å²) in [5.74, 6) is 0.107. The van der Waals surface area contributed by atoms with E-state index in [1.54, 1.807) is 6.20 Å². The third kappa shape index (κ3) is 2.41. The number of likely N-dealkylation sites (N-methyl/N-ethyl adjacent to an activating group) is 1. The van der Waals surface area contributed by atoms with Crippen LogP contribution in [0, 0.1) is 6.92 Å². The first-order valence-corrected chi connectivity index (χ1v) is 6.70. The van der Waals surface area contributed by atoms with Gasteiger partial charge in [-0.25, -0.2) is 0 Å². The van der Waals surface area contributed by atoms with Crippen LogP contribution in [0.5, 0.6) is 0 Å². The molecule has 1 saturated heterocycles. The Kier molecular flexibility index (Phi) is 4.01. The molecule has 2 heterocycles. The van der Waals surface area contributed by atoms with Crippen molar-refractivity contribution in [2.24, 2.45) is 0 Å². The number of carbonyl (C=O) groups is 1. The number of nitrogens with zero attached hydrogens (tertiary/aromatic N) is 3. The van der Waals surface area contributed by atoms with E-state index in [0.717, 1.165) is 38.3 Å². The number of H-pyrrole nitrogens is 1. The monoisotopic (exact) mass is 250 g/mol. The van der Waals surface area contributed by atoms with Crippen LogP contribution in [-0.2, 0) is 0 Å². The molecule has 1 unspecified atom stereocenters. The zero-order valence-corrected chi connectivity index (χ0v) is 11.4. The van der Waals surface area contributed by atoms with Crippen molar-refractivity contribution in [1.29, 1.82) is 0 Å². The van der Waals surface area contributed by atoms with E-state index < -0.39 is 0 Å². The summed E-state index contributed by atoms with van der Waals surface area (Å²) in [6.07, 6.45) is 2.70. The lowest BCUT2D eigenvalue weighted by atomic mass is 10.2. The number of aromatic amines is 1. The number of rotatable bonds is 4. The number of aryl methyl sites for hydroxylation is 1. The van der Waals surface area contributed by atoms with Crippen molar-refractivity contribution >= 4 is 5.91 Å². The molecule has 1 aromatic rings. The quantitative estimate of drug-likeness (QED) is 0.875. The highest BCUT2D eigenvalue weighted by Crippen LogP contribution is 2.18. The minimum absolute atomic E-state index is 0.107. The lowest BCUT2D eigenvalue weighted by Gasteiger charge is -2.26. The van der Waals surface area contributed by atoms with Crippen molar-refractivity contribution in [3.63, 3.8) is 0 Å². The Labute approximate surface area is 108 Å². The number of amides is 1. The second kappa shape index (κ2) is 5.52. The molecule has 5 heteroatoms. The maximum Gasteiger partial charge on any atom is 0.257 e. The van der Waals surface area contributed by atoms with Crippen molar-refractivity contribution in [3.05, 3.63) is 17.5 Å². The van der Waals surface area contributed by atoms with E-state index in [0.29, 0.717) is 11.6 Å². The summed E-state index contributed by atoms with van der Waals surface area (Å²) in [4.78, 5) is 16.7. The van der Waals surface area contributed by atoms with Gasteiger partial charge in [-0.1, -0.05) is 13.8 Å². The highest BCUT2D eigenvalue weighted by molar-refractivity contribution is 5.95. The van der Waals surface area contributed by atoms with Crippen LogP contribution in [0.4, 0.5) is 0 Å². The van der Waals surface area contributed by atoms with Crippen molar-refractivity contribution in [2.45, 2.75) is 33.2 Å². The molecular weight excluding hydrogens is 228 g/mol. The van der Waals surface area contributed by atoms with Gasteiger partial charge in [0.25, 0.3) is 5.91 Å². The second-order valence-corrected chi connectivity index (χ2v) is 4.82. The van der Waals surface area contributed by atoms with Crippen LogP contribution in [0.3, 0.4) is 0 Å². The average Bonchev–Trinajstić information content (AvgIpc) is 2.99. The van der Waals surface area contributed by atoms with Crippen LogP contribution in [0.1, 0.15) is 36.3 Å². The van der Waals surface area contributed by atoms with E-state index >= 15 is 0 Å². The van der Waals surface area contributed by atoms with Gasteiger partial charge in [0.1, 0.15) is 0 Å². The molecule has 0 bridgehead atoms. The minimum atomic E-state index is 0.107. The van der Waals surface area contributed by atoms with Gasteiger partial charge in [-0.3, -0.25) is 14.8 Å². The molecule has 1 atom stereocenters. The number of likely N-dealkylation sites (tertiary alicyclic amines) is 1. The first-order chi connectivity index (χ1) is 8.67. The summed E-state index contributed by atoms with van der Waals surface area (Å²) in [7, 11) is 0. The molecule has 1 fully saturated rings. The Morgan fingerprint density at radius 3 is 2.83 bits per heavy atom. The number of nitrogens with one attached hydrogen (secondary N) is 1. The largest absolute Gasteiger partial charge is 0.337 e. The second-order valence-electron chi connectivity index (χ2n) is 4.82. The summed E-state index contributed by atoms with van der Waals surface area (Å²) in [6, 6.07) is 0.510. The molecule has 2 rings (SSSR count). The minimum Gasteiger partial charge on any atom is -0.337 e. The standard InChI is InChI=1S/C13H22N4O/c1-4-16(5-2)11-6-7-17(9-11)13(18)12-8-14-15-10(12)3/h8,11H,4-7,9H2,1-3H3,(H,14,15). The smallest absolute Gasteiger partial charge is 0.257 e. The van der Waals surface area contributed by atoms with Crippen LogP contribution >= 0.6 is 0 Å². The van der Waals surface area contributed by atoms with E-state index in [2.05, 4.69) is 28.9 Å². The third-order valence-corrected chi connectivity index (χ3v) is 3.84. The molecule has 0 spiro atoms. The van der Waals surface area contributed by atoms with Gasteiger partial charge in [-0.2, -0.15) is 5.10 Å². The molecule has 0 aromatic carbocycles. The van der Waals surface area contributed by atoms with Crippen LogP contribution in [0.25, 0.3) is 0 Å². The summed E-state index contributed by atoms with van der Waals surface area (Å²) >= 11 is 0. The van der Waals surface area contributed by atoms with Gasteiger partial charge in [0.15, 0.2) is 0 Å². The first kappa shape index (κ1) is 13.1. The molecule has 1 amide bonds. The van der Waals surface area contributed by atoms with Crippen molar-refractivity contribution in [2.75, 3.05) is 26.2 Å². The van der Waals surface area contributed by atoms with Gasteiger partial charge in [-0.05, 0) is 26.4 Å². The molecule has 0 saturated carbocycles. The van der Waals surface area contributed by atoms with Crippen LogP contribution in [0.2, 0.25) is 0 Å². The fourth-order valence-electron chi connectivity index (χ4n) is 2.70. The first-order valence-electron chi connectivity index (χ1n) is 6.70. The number of carbonyl (C=O) groups excluding carboxylic acids is 1. The molecule has 1 aromatic heterocycles. The average molecular weight is 250 g/mol. The van der Waals surface area contributed by atoms with E-state index in [-0.39, 0.29) is 5.91 Å². The van der Waals surface area contributed by atoms with Crippen molar-refractivity contribution < 1.29 is 4.79 Å². The summed E-state index contributed by atoms with van der Waals surface area (Å²) in [5, 5.41) is 6.74. The fraction of sp³-hybridized carbons (Fsp3) is 0.692. The van der Waals surface area contributed by atoms with Crippen molar-refractivity contribution in [3.8, 4) is 0 Å². The molecule has 0 aliphatic carbocycles. The van der Waals surface area contributed by atoms with Crippen molar-refractivity contribution in [1.82, 2.24) is 20.0 Å². The van der Waals surface area contributed by atoms with Gasteiger partial charge < -0.3 is 4.90 Å². The molecule has 1 aliphatic rings. The fourth-order valence-corrected chi connectivity index (χ4v) is 2.70. The van der Waals surface area contributed by atoms with E-state index in [4.69, 9.17) is 0 Å². The molecule has 100 valence electrons. The molecule has 18 heavy (non-hydrogen) atoms. The van der Waals surface area contributed by atoms with Crippen LogP contribution in [-0.4, -0.2) is 58.1 Å². The molecule has 1 N–H and O–H groups in total. The Morgan fingerprint density at radius 2 is 2.28 bits per heavy atom. The lowest BCUT2D eigenvalue weighted by Crippen LogP contribution is -2.38. The zero-order valence-electron chi connectivity index (χ0n) is 11.4. The summed E-state index contributed by atoms with van der Waals surface area (Å²) < 4.78 is 0. The zero-order chi connectivity index (χ0) is 13.1. The topological polar surface area (TPSA) is 52.2 Å². The lowest BCUT2D eigenvalue weighted by molar-refractivity contribution is 0.0777. The number of hydrogen-bond donors (Lipinski definition) is 1. The predicted octanol–water partition coefficient (Wildman–Crippen LogP) is 1.27. The Morgan fingerprint density at radius 1 is 1.56 bits per heavy atom. The number of hydrogen-bond acceptors (Lipinski definition) is 3. The molecule has 5 nitrogen and oxygen atoms in total. The molecule has 1 aliphatic heterocycles. The van der Waals surface area contributed by atoms with Gasteiger partial charge in [-0.15, -0.1) is 0 Å². The SMILES string of the molecule is CCN(CC)C1CCN(C(=O)c2cn[nH]c2C)C1. The van der Waals surface area contributed by atoms with Gasteiger partial charge in [0, 0.05) is 24.8 Å². The predicted molar refractivity (Wildman–Crippen MR) is 70.6 cm³/mol. The van der Waals surface area contributed by atoms with Crippen LogP contribution < -0.4 is 0 Å². The summed E-state index contributed by atoms with van der Waals surface area (Å²) in [5.41, 5.74) is 1.56. The van der Waals surface area contributed by atoms with E-state index in [9.17, 15) is 4.79 Å².